The van der Waals surface area contributed by atoms with Gasteiger partial charge in [-0.05, 0) is 17.7 Å². The number of aromatic nitrogens is 2. The molecule has 92 valence electrons. The Kier molecular flexibility index (Phi) is 3.54. The van der Waals surface area contributed by atoms with Crippen LogP contribution < -0.4 is 11.2 Å². The third-order valence-electron chi connectivity index (χ3n) is 2.47. The van der Waals surface area contributed by atoms with Crippen molar-refractivity contribution >= 4 is 12.6 Å². The SMILES string of the molecule is O=c1ncccn1Cc1ccc(F)c(B(O)O)c1. The fraction of sp³-hybridized carbons (Fsp3) is 0.0909. The van der Waals surface area contributed by atoms with Gasteiger partial charge in [0.1, 0.15) is 5.82 Å². The zero-order valence-electron chi connectivity index (χ0n) is 9.32. The second-order valence-corrected chi connectivity index (χ2v) is 3.76. The largest absolute Gasteiger partial charge is 0.491 e. The molecule has 2 N–H and O–H groups in total. The predicted molar refractivity (Wildman–Crippen MR) is 63.8 cm³/mol. The first-order chi connectivity index (χ1) is 8.58. The predicted octanol–water partition coefficient (Wildman–Crippen LogP) is -0.890. The van der Waals surface area contributed by atoms with E-state index in [4.69, 9.17) is 10.0 Å². The lowest BCUT2D eigenvalue weighted by Gasteiger charge is -2.07. The van der Waals surface area contributed by atoms with E-state index in [0.29, 0.717) is 5.56 Å². The topological polar surface area (TPSA) is 75.4 Å². The maximum absolute atomic E-state index is 13.2. The summed E-state index contributed by atoms with van der Waals surface area (Å²) in [4.78, 5) is 15.0. The summed E-state index contributed by atoms with van der Waals surface area (Å²) in [5.74, 6) is -0.702. The Balaban J connectivity index is 2.33. The van der Waals surface area contributed by atoms with Gasteiger partial charge in [0.15, 0.2) is 0 Å². The lowest BCUT2D eigenvalue weighted by atomic mass is 9.79. The number of hydrogen-bond acceptors (Lipinski definition) is 4. The van der Waals surface area contributed by atoms with Crippen molar-refractivity contribution in [2.24, 2.45) is 0 Å². The third kappa shape index (κ3) is 2.64. The summed E-state index contributed by atoms with van der Waals surface area (Å²) in [5.41, 5.74) is -0.0630. The second-order valence-electron chi connectivity index (χ2n) is 3.76. The first-order valence-electron chi connectivity index (χ1n) is 5.24. The fourth-order valence-electron chi connectivity index (χ4n) is 1.59. The minimum atomic E-state index is -1.88. The van der Waals surface area contributed by atoms with Gasteiger partial charge in [0.25, 0.3) is 0 Å². The van der Waals surface area contributed by atoms with Crippen LogP contribution >= 0.6 is 0 Å². The normalized spacial score (nSPS) is 10.4. The Bertz CT molecular complexity index is 615. The van der Waals surface area contributed by atoms with Crippen molar-refractivity contribution in [1.29, 1.82) is 0 Å². The first kappa shape index (κ1) is 12.5. The summed E-state index contributed by atoms with van der Waals surface area (Å²) in [6.45, 7) is 0.187. The lowest BCUT2D eigenvalue weighted by Crippen LogP contribution is -2.33. The molecule has 1 aromatic heterocycles. The minimum absolute atomic E-state index is 0.187. The molecule has 1 heterocycles. The highest BCUT2D eigenvalue weighted by molar-refractivity contribution is 6.58. The molecule has 7 heteroatoms. The van der Waals surface area contributed by atoms with E-state index < -0.39 is 18.6 Å². The van der Waals surface area contributed by atoms with Crippen LogP contribution in [-0.4, -0.2) is 26.7 Å². The number of hydrogen-bond donors (Lipinski definition) is 2. The summed E-state index contributed by atoms with van der Waals surface area (Å²) in [6.07, 6.45) is 2.93. The van der Waals surface area contributed by atoms with Crippen LogP contribution in [0, 0.1) is 5.82 Å². The van der Waals surface area contributed by atoms with Gasteiger partial charge in [0, 0.05) is 17.9 Å². The molecular formula is C11H10BFN2O3. The van der Waals surface area contributed by atoms with Crippen LogP contribution in [0.4, 0.5) is 4.39 Å². The molecule has 18 heavy (non-hydrogen) atoms. The van der Waals surface area contributed by atoms with Gasteiger partial charge in [0.2, 0.25) is 0 Å². The molecule has 0 aliphatic carbocycles. The molecule has 0 saturated carbocycles. The van der Waals surface area contributed by atoms with Gasteiger partial charge in [-0.2, -0.15) is 0 Å². The first-order valence-corrected chi connectivity index (χ1v) is 5.24. The van der Waals surface area contributed by atoms with E-state index in [-0.39, 0.29) is 12.0 Å². The van der Waals surface area contributed by atoms with E-state index in [1.165, 1.54) is 22.9 Å². The highest BCUT2D eigenvalue weighted by Crippen LogP contribution is 2.03. The molecule has 0 amide bonds. The van der Waals surface area contributed by atoms with Crippen molar-refractivity contribution in [1.82, 2.24) is 9.55 Å². The zero-order chi connectivity index (χ0) is 13.1. The van der Waals surface area contributed by atoms with Gasteiger partial charge in [-0.25, -0.2) is 14.2 Å². The van der Waals surface area contributed by atoms with Crippen LogP contribution in [0.25, 0.3) is 0 Å². The summed E-state index contributed by atoms with van der Waals surface area (Å²) in [7, 11) is -1.88. The maximum Gasteiger partial charge on any atom is 0.491 e. The molecule has 0 fully saturated rings. The third-order valence-corrected chi connectivity index (χ3v) is 2.47. The smallest absolute Gasteiger partial charge is 0.423 e. The van der Waals surface area contributed by atoms with E-state index in [9.17, 15) is 9.18 Å². The number of benzene rings is 1. The Morgan fingerprint density at radius 1 is 1.39 bits per heavy atom. The molecule has 0 radical (unpaired) electrons. The van der Waals surface area contributed by atoms with Crippen molar-refractivity contribution in [3.63, 3.8) is 0 Å². The average molecular weight is 248 g/mol. The molecule has 1 aromatic carbocycles. The quantitative estimate of drug-likeness (QED) is 0.691. The molecule has 0 atom stereocenters. The molecule has 0 aliphatic heterocycles. The van der Waals surface area contributed by atoms with Crippen LogP contribution in [0.15, 0.2) is 41.5 Å². The maximum atomic E-state index is 13.2. The van der Waals surface area contributed by atoms with E-state index in [1.807, 2.05) is 0 Å². The molecule has 0 spiro atoms. The van der Waals surface area contributed by atoms with E-state index in [0.717, 1.165) is 6.07 Å². The Morgan fingerprint density at radius 3 is 2.83 bits per heavy atom. The summed E-state index contributed by atoms with van der Waals surface area (Å²) >= 11 is 0. The Hall–Kier alpha value is -1.99. The van der Waals surface area contributed by atoms with E-state index in [1.54, 1.807) is 12.3 Å². The van der Waals surface area contributed by atoms with Gasteiger partial charge in [0.05, 0.1) is 6.54 Å². The number of halogens is 1. The molecule has 5 nitrogen and oxygen atoms in total. The highest BCUT2D eigenvalue weighted by Gasteiger charge is 2.16. The van der Waals surface area contributed by atoms with Crippen molar-refractivity contribution in [2.75, 3.05) is 0 Å². The van der Waals surface area contributed by atoms with Crippen molar-refractivity contribution < 1.29 is 14.4 Å². The molecule has 0 bridgehead atoms. The van der Waals surface area contributed by atoms with Crippen molar-refractivity contribution in [3.8, 4) is 0 Å². The molecule has 2 rings (SSSR count). The number of rotatable bonds is 3. The van der Waals surface area contributed by atoms with Gasteiger partial charge in [-0.3, -0.25) is 4.57 Å². The van der Waals surface area contributed by atoms with Crippen LogP contribution in [0.2, 0.25) is 0 Å². The standard InChI is InChI=1S/C11H10BFN2O3/c13-10-3-2-8(6-9(10)12(17)18)7-15-5-1-4-14-11(15)16/h1-6,17-18H,7H2. The molecular weight excluding hydrogens is 238 g/mol. The summed E-state index contributed by atoms with van der Waals surface area (Å²) in [6, 6.07) is 5.51. The van der Waals surface area contributed by atoms with E-state index >= 15 is 0 Å². The molecule has 2 aromatic rings. The van der Waals surface area contributed by atoms with Crippen molar-refractivity contribution in [2.45, 2.75) is 6.54 Å². The van der Waals surface area contributed by atoms with Crippen LogP contribution in [-0.2, 0) is 6.54 Å². The van der Waals surface area contributed by atoms with Crippen molar-refractivity contribution in [3.05, 3.63) is 58.5 Å². The average Bonchev–Trinajstić information content (AvgIpc) is 2.34. The number of nitrogens with zero attached hydrogens (tertiary/aromatic N) is 2. The van der Waals surface area contributed by atoms with Gasteiger partial charge in [-0.1, -0.05) is 12.1 Å². The van der Waals surface area contributed by atoms with Gasteiger partial charge in [-0.15, -0.1) is 0 Å². The summed E-state index contributed by atoms with van der Waals surface area (Å²) in [5, 5.41) is 18.0. The lowest BCUT2D eigenvalue weighted by molar-refractivity contribution is 0.423. The molecule has 0 saturated heterocycles. The van der Waals surface area contributed by atoms with Crippen LogP contribution in [0.1, 0.15) is 5.56 Å². The minimum Gasteiger partial charge on any atom is -0.423 e. The summed E-state index contributed by atoms with van der Waals surface area (Å²) < 4.78 is 14.6. The van der Waals surface area contributed by atoms with Crippen LogP contribution in [0.3, 0.4) is 0 Å². The highest BCUT2D eigenvalue weighted by atomic mass is 19.1. The second kappa shape index (κ2) is 5.11. The van der Waals surface area contributed by atoms with E-state index in [2.05, 4.69) is 4.98 Å². The zero-order valence-corrected chi connectivity index (χ0v) is 9.32. The molecule has 0 aliphatic rings. The van der Waals surface area contributed by atoms with Gasteiger partial charge < -0.3 is 10.0 Å². The fourth-order valence-corrected chi connectivity index (χ4v) is 1.59. The van der Waals surface area contributed by atoms with Crippen LogP contribution in [0.5, 0.6) is 0 Å². The Morgan fingerprint density at radius 2 is 2.17 bits per heavy atom. The van der Waals surface area contributed by atoms with Gasteiger partial charge >= 0.3 is 12.8 Å². The monoisotopic (exact) mass is 248 g/mol. The Labute approximate surface area is 102 Å². The molecule has 0 unspecified atom stereocenters.